The van der Waals surface area contributed by atoms with Crippen LogP contribution in [0.1, 0.15) is 70.5 Å². The number of amides is 1. The molecule has 6 heteroatoms. The first-order valence-electron chi connectivity index (χ1n) is 10.2. The average molecular weight is 381 g/mol. The summed E-state index contributed by atoms with van der Waals surface area (Å²) in [5.74, 6) is -0.188. The van der Waals surface area contributed by atoms with Crippen LogP contribution in [0.2, 0.25) is 0 Å². The Kier molecular flexibility index (Phi) is 5.20. The zero-order valence-corrected chi connectivity index (χ0v) is 16.3. The molecule has 2 fully saturated rings. The lowest BCUT2D eigenvalue weighted by molar-refractivity contribution is 0.0389. The van der Waals surface area contributed by atoms with Crippen molar-refractivity contribution in [2.24, 2.45) is 13.0 Å². The van der Waals surface area contributed by atoms with Gasteiger partial charge in [-0.05, 0) is 49.3 Å². The number of likely N-dealkylation sites (tertiary alicyclic amines) is 1. The van der Waals surface area contributed by atoms with Crippen molar-refractivity contribution in [3.8, 4) is 0 Å². The Morgan fingerprint density at radius 2 is 1.82 bits per heavy atom. The fourth-order valence-corrected chi connectivity index (χ4v) is 4.84. The number of aryl methyl sites for hydroxylation is 1. The Labute approximate surface area is 165 Å². The number of hydrogen-bond donors (Lipinski definition) is 1. The van der Waals surface area contributed by atoms with E-state index in [1.165, 1.54) is 25.7 Å². The number of carboxylic acids is 1. The minimum Gasteiger partial charge on any atom is -0.478 e. The van der Waals surface area contributed by atoms with Crippen molar-refractivity contribution in [1.29, 1.82) is 0 Å². The van der Waals surface area contributed by atoms with Crippen molar-refractivity contribution in [3.63, 3.8) is 0 Å². The van der Waals surface area contributed by atoms with Crippen molar-refractivity contribution < 1.29 is 14.7 Å². The number of carbonyl (C=O) groups excluding carboxylic acids is 1. The second-order valence-electron chi connectivity index (χ2n) is 8.06. The lowest BCUT2D eigenvalue weighted by atomic mass is 9.78. The van der Waals surface area contributed by atoms with E-state index in [1.807, 2.05) is 19.2 Å². The van der Waals surface area contributed by atoms with Gasteiger partial charge in [0.25, 0.3) is 5.91 Å². The Hall–Kier alpha value is -2.63. The number of rotatable bonds is 4. The van der Waals surface area contributed by atoms with Gasteiger partial charge in [-0.25, -0.2) is 4.79 Å². The van der Waals surface area contributed by atoms with Crippen molar-refractivity contribution in [2.45, 2.75) is 51.0 Å². The number of nitrogens with zero attached hydrogens (tertiary/aromatic N) is 3. The summed E-state index contributed by atoms with van der Waals surface area (Å²) in [6.45, 7) is 0.835. The normalized spacial score (nSPS) is 22.0. The number of hydrogen-bond acceptors (Lipinski definition) is 3. The number of aromatic nitrogens is 2. The molecule has 6 nitrogen and oxygen atoms in total. The van der Waals surface area contributed by atoms with Crippen molar-refractivity contribution in [1.82, 2.24) is 14.7 Å². The first-order valence-corrected chi connectivity index (χ1v) is 10.2. The number of piperidine rings is 1. The van der Waals surface area contributed by atoms with Gasteiger partial charge >= 0.3 is 5.97 Å². The Morgan fingerprint density at radius 1 is 1.11 bits per heavy atom. The maximum atomic E-state index is 13.4. The van der Waals surface area contributed by atoms with E-state index in [1.54, 1.807) is 23.0 Å². The third-order valence-electron chi connectivity index (χ3n) is 6.37. The molecule has 1 saturated heterocycles. The van der Waals surface area contributed by atoms with Crippen LogP contribution in [-0.2, 0) is 13.5 Å². The third kappa shape index (κ3) is 3.55. The molecule has 0 spiro atoms. The monoisotopic (exact) mass is 381 g/mol. The van der Waals surface area contributed by atoms with E-state index in [-0.39, 0.29) is 11.5 Å². The van der Waals surface area contributed by atoms with Crippen LogP contribution in [0, 0.1) is 5.92 Å². The van der Waals surface area contributed by atoms with Gasteiger partial charge in [-0.15, -0.1) is 0 Å². The highest BCUT2D eigenvalue weighted by Gasteiger charge is 2.37. The zero-order chi connectivity index (χ0) is 19.7. The Morgan fingerprint density at radius 3 is 2.57 bits per heavy atom. The van der Waals surface area contributed by atoms with E-state index in [0.717, 1.165) is 30.6 Å². The van der Waals surface area contributed by atoms with E-state index in [4.69, 9.17) is 5.11 Å². The predicted octanol–water partition coefficient (Wildman–Crippen LogP) is 3.50. The molecule has 0 radical (unpaired) electrons. The molecule has 1 amide bonds. The number of fused-ring (bicyclic) bond motifs is 1. The fourth-order valence-electron chi connectivity index (χ4n) is 4.84. The molecule has 4 rings (SSSR count). The van der Waals surface area contributed by atoms with Gasteiger partial charge in [-0.3, -0.25) is 9.48 Å². The molecule has 2 aromatic rings. The van der Waals surface area contributed by atoms with Crippen LogP contribution in [0.4, 0.5) is 0 Å². The molecule has 1 aliphatic carbocycles. The topological polar surface area (TPSA) is 75.4 Å². The number of carbonyl (C=O) groups is 2. The molecule has 1 aromatic heterocycles. The Bertz CT molecular complexity index is 870. The molecule has 1 aliphatic heterocycles. The predicted molar refractivity (Wildman–Crippen MR) is 105 cm³/mol. The SMILES string of the molecule is Cn1ncc(C(=O)N2CCCC3CCCCC32)c1Cc1ccc(C(=O)O)cc1. The zero-order valence-electron chi connectivity index (χ0n) is 16.3. The summed E-state index contributed by atoms with van der Waals surface area (Å²) in [7, 11) is 1.86. The average Bonchev–Trinajstić information content (AvgIpc) is 3.07. The summed E-state index contributed by atoms with van der Waals surface area (Å²) in [6.07, 6.45) is 9.42. The molecule has 2 heterocycles. The van der Waals surface area contributed by atoms with Gasteiger partial charge in [0.2, 0.25) is 0 Å². The van der Waals surface area contributed by atoms with Gasteiger partial charge in [-0.1, -0.05) is 25.0 Å². The summed E-state index contributed by atoms with van der Waals surface area (Å²) in [5, 5.41) is 13.4. The van der Waals surface area contributed by atoms with E-state index in [9.17, 15) is 9.59 Å². The van der Waals surface area contributed by atoms with Crippen LogP contribution in [-0.4, -0.2) is 44.3 Å². The number of aromatic carboxylic acids is 1. The standard InChI is InChI=1S/C22H27N3O3/c1-24-20(13-15-8-10-17(11-9-15)22(27)28)18(14-23-24)21(26)25-12-4-6-16-5-2-3-7-19(16)25/h8-11,14,16,19H,2-7,12-13H2,1H3,(H,27,28). The minimum atomic E-state index is -0.935. The van der Waals surface area contributed by atoms with Crippen LogP contribution in [0.25, 0.3) is 0 Å². The van der Waals surface area contributed by atoms with Gasteiger partial charge < -0.3 is 10.0 Å². The van der Waals surface area contributed by atoms with Crippen molar-refractivity contribution in [2.75, 3.05) is 6.54 Å². The van der Waals surface area contributed by atoms with Crippen molar-refractivity contribution in [3.05, 3.63) is 52.8 Å². The molecule has 2 aliphatic rings. The molecule has 0 bridgehead atoms. The van der Waals surface area contributed by atoms with Crippen molar-refractivity contribution >= 4 is 11.9 Å². The van der Waals surface area contributed by atoms with E-state index in [0.29, 0.717) is 23.9 Å². The lowest BCUT2D eigenvalue weighted by Gasteiger charge is -2.44. The number of benzene rings is 1. The van der Waals surface area contributed by atoms with Gasteiger partial charge in [-0.2, -0.15) is 5.10 Å². The van der Waals surface area contributed by atoms with Gasteiger partial charge in [0.05, 0.1) is 23.0 Å². The minimum absolute atomic E-state index is 0.0989. The Balaban J connectivity index is 1.57. The highest BCUT2D eigenvalue weighted by Crippen LogP contribution is 2.36. The smallest absolute Gasteiger partial charge is 0.335 e. The van der Waals surface area contributed by atoms with E-state index >= 15 is 0 Å². The van der Waals surface area contributed by atoms with Crippen LogP contribution in [0.5, 0.6) is 0 Å². The van der Waals surface area contributed by atoms with Gasteiger partial charge in [0.15, 0.2) is 0 Å². The van der Waals surface area contributed by atoms with E-state index in [2.05, 4.69) is 10.00 Å². The fraction of sp³-hybridized carbons (Fsp3) is 0.500. The first kappa shape index (κ1) is 18.7. The summed E-state index contributed by atoms with van der Waals surface area (Å²) in [6, 6.07) is 7.20. The maximum absolute atomic E-state index is 13.4. The molecule has 28 heavy (non-hydrogen) atoms. The second kappa shape index (κ2) is 7.78. The van der Waals surface area contributed by atoms with Gasteiger partial charge in [0.1, 0.15) is 0 Å². The molecule has 2 atom stereocenters. The number of carboxylic acid groups (broad SMARTS) is 1. The molecule has 1 aromatic carbocycles. The molecular formula is C22H27N3O3. The van der Waals surface area contributed by atoms with Crippen LogP contribution in [0.15, 0.2) is 30.5 Å². The van der Waals surface area contributed by atoms with E-state index < -0.39 is 5.97 Å². The second-order valence-corrected chi connectivity index (χ2v) is 8.06. The highest BCUT2D eigenvalue weighted by molar-refractivity contribution is 5.95. The molecule has 1 N–H and O–H groups in total. The molecular weight excluding hydrogens is 354 g/mol. The molecule has 148 valence electrons. The first-order chi connectivity index (χ1) is 13.5. The van der Waals surface area contributed by atoms with Crippen LogP contribution in [0.3, 0.4) is 0 Å². The summed E-state index contributed by atoms with van der Waals surface area (Å²) < 4.78 is 1.76. The molecule has 1 saturated carbocycles. The quantitative estimate of drug-likeness (QED) is 0.879. The summed E-state index contributed by atoms with van der Waals surface area (Å²) in [5.41, 5.74) is 2.79. The lowest BCUT2D eigenvalue weighted by Crippen LogP contribution is -2.49. The van der Waals surface area contributed by atoms with Crippen LogP contribution < -0.4 is 0 Å². The summed E-state index contributed by atoms with van der Waals surface area (Å²) >= 11 is 0. The van der Waals surface area contributed by atoms with Gasteiger partial charge in [0, 0.05) is 26.1 Å². The maximum Gasteiger partial charge on any atom is 0.335 e. The summed E-state index contributed by atoms with van der Waals surface area (Å²) in [4.78, 5) is 26.6. The van der Waals surface area contributed by atoms with Crippen LogP contribution >= 0.6 is 0 Å². The largest absolute Gasteiger partial charge is 0.478 e. The molecule has 2 unspecified atom stereocenters. The third-order valence-corrected chi connectivity index (χ3v) is 6.37. The highest BCUT2D eigenvalue weighted by atomic mass is 16.4.